The Morgan fingerprint density at radius 3 is 2.63 bits per heavy atom. The molecule has 1 aliphatic carbocycles. The number of carbonyl (C=O) groups excluding carboxylic acids is 2. The van der Waals surface area contributed by atoms with Crippen LogP contribution in [0.4, 0.5) is 5.00 Å². The van der Waals surface area contributed by atoms with Crippen molar-refractivity contribution >= 4 is 40.0 Å². The molecule has 0 spiro atoms. The van der Waals surface area contributed by atoms with Crippen LogP contribution in [0.3, 0.4) is 0 Å². The molecule has 0 unspecified atom stereocenters. The van der Waals surface area contributed by atoms with E-state index in [0.717, 1.165) is 33.7 Å². The fourth-order valence-electron chi connectivity index (χ4n) is 3.63. The number of esters is 1. The van der Waals surface area contributed by atoms with Gasteiger partial charge in [-0.1, -0.05) is 42.0 Å². The molecule has 6 heteroatoms. The monoisotopic (exact) mass is 437 g/mol. The molecule has 1 amide bonds. The first-order chi connectivity index (χ1) is 14.6. The van der Waals surface area contributed by atoms with Crippen LogP contribution in [0.25, 0.3) is 10.4 Å². The largest absolute Gasteiger partial charge is 0.465 e. The highest BCUT2D eigenvalue weighted by molar-refractivity contribution is 7.99. The number of hydrogen-bond acceptors (Lipinski definition) is 5. The van der Waals surface area contributed by atoms with Crippen LogP contribution in [0.2, 0.25) is 0 Å². The standard InChI is InChI=1S/C24H23NO3S2/c1-15-7-10-17(11-8-15)29-14-13-20(26)25-23-21(24(27)28-2)19-12-9-16-5-3-4-6-18(16)22(19)30-23/h3-8,10-11H,9,12-14H2,1-2H3,(H,25,26). The van der Waals surface area contributed by atoms with Crippen molar-refractivity contribution in [1.29, 1.82) is 0 Å². The van der Waals surface area contributed by atoms with E-state index in [-0.39, 0.29) is 5.91 Å². The van der Waals surface area contributed by atoms with Crippen LogP contribution in [-0.2, 0) is 22.4 Å². The van der Waals surface area contributed by atoms with Gasteiger partial charge in [0.15, 0.2) is 0 Å². The van der Waals surface area contributed by atoms with E-state index >= 15 is 0 Å². The predicted octanol–water partition coefficient (Wildman–Crippen LogP) is 5.73. The Balaban J connectivity index is 1.51. The summed E-state index contributed by atoms with van der Waals surface area (Å²) in [4.78, 5) is 27.3. The lowest BCUT2D eigenvalue weighted by Crippen LogP contribution is -2.15. The van der Waals surface area contributed by atoms with E-state index < -0.39 is 5.97 Å². The van der Waals surface area contributed by atoms with E-state index in [9.17, 15) is 9.59 Å². The van der Waals surface area contributed by atoms with Gasteiger partial charge < -0.3 is 10.1 Å². The summed E-state index contributed by atoms with van der Waals surface area (Å²) in [5.74, 6) is 0.193. The van der Waals surface area contributed by atoms with Gasteiger partial charge in [0, 0.05) is 21.9 Å². The number of ether oxygens (including phenoxy) is 1. The van der Waals surface area contributed by atoms with Crippen LogP contribution < -0.4 is 5.32 Å². The zero-order chi connectivity index (χ0) is 21.1. The maximum absolute atomic E-state index is 12.6. The molecule has 4 nitrogen and oxygen atoms in total. The van der Waals surface area contributed by atoms with E-state index in [4.69, 9.17) is 4.74 Å². The smallest absolute Gasteiger partial charge is 0.341 e. The summed E-state index contributed by atoms with van der Waals surface area (Å²) in [7, 11) is 1.38. The van der Waals surface area contributed by atoms with Crippen LogP contribution in [-0.4, -0.2) is 24.7 Å². The van der Waals surface area contributed by atoms with E-state index in [2.05, 4.69) is 48.6 Å². The maximum Gasteiger partial charge on any atom is 0.341 e. The van der Waals surface area contributed by atoms with E-state index in [0.29, 0.717) is 22.7 Å². The molecule has 2 aromatic carbocycles. The third-order valence-electron chi connectivity index (χ3n) is 5.17. The van der Waals surface area contributed by atoms with Crippen molar-refractivity contribution in [3.8, 4) is 10.4 Å². The molecule has 0 saturated heterocycles. The van der Waals surface area contributed by atoms with Gasteiger partial charge in [0.05, 0.1) is 12.7 Å². The molecule has 1 aromatic heterocycles. The summed E-state index contributed by atoms with van der Waals surface area (Å²) < 4.78 is 5.03. The van der Waals surface area contributed by atoms with Gasteiger partial charge in [-0.05, 0) is 48.6 Å². The molecule has 0 atom stereocenters. The van der Waals surface area contributed by atoms with Gasteiger partial charge in [0.1, 0.15) is 5.00 Å². The van der Waals surface area contributed by atoms with Crippen molar-refractivity contribution in [3.63, 3.8) is 0 Å². The Morgan fingerprint density at radius 2 is 1.87 bits per heavy atom. The molecule has 1 aliphatic rings. The van der Waals surface area contributed by atoms with Gasteiger partial charge in [-0.25, -0.2) is 4.79 Å². The molecule has 0 aliphatic heterocycles. The normalized spacial score (nSPS) is 12.1. The van der Waals surface area contributed by atoms with Gasteiger partial charge >= 0.3 is 5.97 Å². The molecule has 4 rings (SSSR count). The van der Waals surface area contributed by atoms with E-state index in [1.54, 1.807) is 11.8 Å². The Hall–Kier alpha value is -2.57. The first kappa shape index (κ1) is 20.7. The molecular formula is C24H23NO3S2. The number of fused-ring (bicyclic) bond motifs is 3. The van der Waals surface area contributed by atoms with Crippen molar-refractivity contribution < 1.29 is 14.3 Å². The molecule has 1 N–H and O–H groups in total. The number of thioether (sulfide) groups is 1. The van der Waals surface area contributed by atoms with Gasteiger partial charge in [0.25, 0.3) is 0 Å². The second kappa shape index (κ2) is 9.06. The first-order valence-corrected chi connectivity index (χ1v) is 11.7. The fourth-order valence-corrected chi connectivity index (χ4v) is 5.80. The number of thiophene rings is 1. The zero-order valence-corrected chi connectivity index (χ0v) is 18.6. The number of benzene rings is 2. The molecule has 154 valence electrons. The minimum Gasteiger partial charge on any atom is -0.465 e. The van der Waals surface area contributed by atoms with Crippen LogP contribution in [0.15, 0.2) is 53.4 Å². The van der Waals surface area contributed by atoms with Crippen LogP contribution in [0.5, 0.6) is 0 Å². The Bertz CT molecular complexity index is 1090. The number of methoxy groups -OCH3 is 1. The third kappa shape index (κ3) is 4.30. The van der Waals surface area contributed by atoms with Crippen molar-refractivity contribution in [2.24, 2.45) is 0 Å². The number of rotatable bonds is 6. The molecule has 0 bridgehead atoms. The first-order valence-electron chi connectivity index (χ1n) is 9.88. The lowest BCUT2D eigenvalue weighted by Gasteiger charge is -2.16. The van der Waals surface area contributed by atoms with Crippen molar-refractivity contribution in [2.75, 3.05) is 18.2 Å². The van der Waals surface area contributed by atoms with Crippen LogP contribution in [0, 0.1) is 6.92 Å². The average Bonchev–Trinajstić information content (AvgIpc) is 3.13. The molecule has 0 radical (unpaired) electrons. The average molecular weight is 438 g/mol. The third-order valence-corrected chi connectivity index (χ3v) is 7.37. The predicted molar refractivity (Wildman–Crippen MR) is 124 cm³/mol. The lowest BCUT2D eigenvalue weighted by atomic mass is 9.89. The molecular weight excluding hydrogens is 414 g/mol. The number of hydrogen-bond donors (Lipinski definition) is 1. The van der Waals surface area contributed by atoms with Gasteiger partial charge in [-0.3, -0.25) is 4.79 Å². The Morgan fingerprint density at radius 1 is 1.10 bits per heavy atom. The summed E-state index contributed by atoms with van der Waals surface area (Å²) in [6.07, 6.45) is 2.02. The molecule has 0 saturated carbocycles. The van der Waals surface area contributed by atoms with Crippen molar-refractivity contribution in [3.05, 3.63) is 70.8 Å². The number of anilines is 1. The fraction of sp³-hybridized carbons (Fsp3) is 0.250. The summed E-state index contributed by atoms with van der Waals surface area (Å²) in [6.45, 7) is 2.06. The second-order valence-electron chi connectivity index (χ2n) is 7.22. The number of nitrogens with one attached hydrogen (secondary N) is 1. The summed E-state index contributed by atoms with van der Waals surface area (Å²) in [6, 6.07) is 16.5. The SMILES string of the molecule is COC(=O)c1c(NC(=O)CCSc2ccc(C)cc2)sc2c1CCc1ccccc1-2. The highest BCUT2D eigenvalue weighted by atomic mass is 32.2. The maximum atomic E-state index is 12.6. The summed E-state index contributed by atoms with van der Waals surface area (Å²) >= 11 is 3.12. The highest BCUT2D eigenvalue weighted by Gasteiger charge is 2.29. The van der Waals surface area contributed by atoms with Crippen LogP contribution in [0.1, 0.15) is 33.5 Å². The Kier molecular flexibility index (Phi) is 6.25. The zero-order valence-electron chi connectivity index (χ0n) is 17.0. The van der Waals surface area contributed by atoms with Gasteiger partial charge in [-0.2, -0.15) is 0 Å². The van der Waals surface area contributed by atoms with Gasteiger partial charge in [-0.15, -0.1) is 23.1 Å². The molecule has 0 fully saturated rings. The quantitative estimate of drug-likeness (QED) is 0.395. The summed E-state index contributed by atoms with van der Waals surface area (Å²) in [5.41, 5.74) is 5.12. The molecule has 1 heterocycles. The van der Waals surface area contributed by atoms with E-state index in [1.807, 2.05) is 12.1 Å². The van der Waals surface area contributed by atoms with Crippen molar-refractivity contribution in [1.82, 2.24) is 0 Å². The topological polar surface area (TPSA) is 55.4 Å². The van der Waals surface area contributed by atoms with Gasteiger partial charge in [0.2, 0.25) is 5.91 Å². The summed E-state index contributed by atoms with van der Waals surface area (Å²) in [5, 5.41) is 3.57. The molecule has 3 aromatic rings. The minimum atomic E-state index is -0.392. The minimum absolute atomic E-state index is 0.0911. The van der Waals surface area contributed by atoms with Crippen LogP contribution >= 0.6 is 23.1 Å². The van der Waals surface area contributed by atoms with Crippen molar-refractivity contribution in [2.45, 2.75) is 31.1 Å². The van der Waals surface area contributed by atoms with E-state index in [1.165, 1.54) is 29.6 Å². The lowest BCUT2D eigenvalue weighted by molar-refractivity contribution is -0.115. The molecule has 30 heavy (non-hydrogen) atoms. The number of aryl methyl sites for hydroxylation is 2. The number of amides is 1. The highest BCUT2D eigenvalue weighted by Crippen LogP contribution is 2.45. The number of carbonyl (C=O) groups is 2. The second-order valence-corrected chi connectivity index (χ2v) is 9.41. The Labute approximate surface area is 184 Å².